The molecule has 1 N–H and O–H groups in total. The fourth-order valence-electron chi connectivity index (χ4n) is 4.87. The van der Waals surface area contributed by atoms with Crippen molar-refractivity contribution in [1.29, 1.82) is 0 Å². The lowest BCUT2D eigenvalue weighted by molar-refractivity contribution is -0.146. The number of piperazine rings is 1. The third kappa shape index (κ3) is 3.00. The molecule has 2 amide bonds. The molecule has 1 aliphatic carbocycles. The minimum Gasteiger partial charge on any atom is -0.339 e. The number of amides is 2. The first-order valence-corrected chi connectivity index (χ1v) is 9.65. The van der Waals surface area contributed by atoms with Crippen molar-refractivity contribution in [3.63, 3.8) is 0 Å². The SMILES string of the molecule is O=C(c1ccc(F)cc1)N1CCN(C(=O)[C@@]23CCCC[C@H]2CNC3)CC1. The normalized spacial score (nSPS) is 28.7. The zero-order valence-corrected chi connectivity index (χ0v) is 15.0. The zero-order chi connectivity index (χ0) is 18.1. The molecule has 1 aromatic carbocycles. The molecule has 0 radical (unpaired) electrons. The molecule has 0 spiro atoms. The van der Waals surface area contributed by atoms with Crippen molar-refractivity contribution in [3.8, 4) is 0 Å². The number of nitrogens with zero attached hydrogens (tertiary/aromatic N) is 2. The van der Waals surface area contributed by atoms with E-state index in [-0.39, 0.29) is 23.0 Å². The van der Waals surface area contributed by atoms with Gasteiger partial charge in [0.15, 0.2) is 0 Å². The molecule has 1 saturated carbocycles. The summed E-state index contributed by atoms with van der Waals surface area (Å²) in [5, 5.41) is 3.44. The Balaban J connectivity index is 1.39. The van der Waals surface area contributed by atoms with E-state index in [0.29, 0.717) is 37.7 Å². The van der Waals surface area contributed by atoms with Crippen molar-refractivity contribution >= 4 is 11.8 Å². The Hall–Kier alpha value is -1.95. The summed E-state index contributed by atoms with van der Waals surface area (Å²) in [5.41, 5.74) is 0.276. The van der Waals surface area contributed by atoms with Crippen LogP contribution in [0.2, 0.25) is 0 Å². The van der Waals surface area contributed by atoms with Crippen molar-refractivity contribution in [3.05, 3.63) is 35.6 Å². The predicted octanol–water partition coefficient (Wildman–Crippen LogP) is 1.89. The van der Waals surface area contributed by atoms with Crippen LogP contribution in [0.3, 0.4) is 0 Å². The molecule has 2 heterocycles. The van der Waals surface area contributed by atoms with Crippen LogP contribution in [0.4, 0.5) is 4.39 Å². The lowest BCUT2D eigenvalue weighted by Gasteiger charge is -2.43. The summed E-state index contributed by atoms with van der Waals surface area (Å²) in [4.78, 5) is 29.6. The summed E-state index contributed by atoms with van der Waals surface area (Å²) < 4.78 is 13.0. The van der Waals surface area contributed by atoms with Gasteiger partial charge < -0.3 is 15.1 Å². The molecule has 2 aliphatic heterocycles. The van der Waals surface area contributed by atoms with E-state index >= 15 is 0 Å². The molecule has 5 nitrogen and oxygen atoms in total. The molecule has 0 unspecified atom stereocenters. The van der Waals surface area contributed by atoms with Gasteiger partial charge in [-0.15, -0.1) is 0 Å². The van der Waals surface area contributed by atoms with Crippen LogP contribution in [0.15, 0.2) is 24.3 Å². The molecule has 0 bridgehead atoms. The number of benzene rings is 1. The van der Waals surface area contributed by atoms with Gasteiger partial charge in [-0.2, -0.15) is 0 Å². The second kappa shape index (κ2) is 6.99. The van der Waals surface area contributed by atoms with E-state index < -0.39 is 0 Å². The molecule has 6 heteroatoms. The van der Waals surface area contributed by atoms with E-state index in [0.717, 1.165) is 32.4 Å². The van der Waals surface area contributed by atoms with E-state index in [1.54, 1.807) is 4.90 Å². The van der Waals surface area contributed by atoms with Crippen LogP contribution < -0.4 is 5.32 Å². The van der Waals surface area contributed by atoms with Crippen molar-refractivity contribution < 1.29 is 14.0 Å². The third-order valence-corrected chi connectivity index (χ3v) is 6.41. The number of carbonyl (C=O) groups excluding carboxylic acids is 2. The first kappa shape index (κ1) is 17.5. The predicted molar refractivity (Wildman–Crippen MR) is 96.1 cm³/mol. The number of hydrogen-bond acceptors (Lipinski definition) is 3. The maximum atomic E-state index is 13.3. The molecular formula is C20H26FN3O2. The number of hydrogen-bond donors (Lipinski definition) is 1. The van der Waals surface area contributed by atoms with Crippen LogP contribution >= 0.6 is 0 Å². The second-order valence-electron chi connectivity index (χ2n) is 7.82. The van der Waals surface area contributed by atoms with Gasteiger partial charge in [0.2, 0.25) is 5.91 Å². The lowest BCUT2D eigenvalue weighted by Crippen LogP contribution is -2.56. The van der Waals surface area contributed by atoms with Gasteiger partial charge in [-0.05, 0) is 49.6 Å². The number of nitrogens with one attached hydrogen (secondary N) is 1. The quantitative estimate of drug-likeness (QED) is 0.877. The van der Waals surface area contributed by atoms with Crippen LogP contribution in [0, 0.1) is 17.2 Å². The van der Waals surface area contributed by atoms with Crippen LogP contribution in [0.5, 0.6) is 0 Å². The molecule has 3 fully saturated rings. The molecule has 1 aromatic rings. The van der Waals surface area contributed by atoms with Gasteiger partial charge in [-0.3, -0.25) is 9.59 Å². The lowest BCUT2D eigenvalue weighted by atomic mass is 9.67. The number of carbonyl (C=O) groups is 2. The summed E-state index contributed by atoms with van der Waals surface area (Å²) in [5.74, 6) is 0.306. The standard InChI is InChI=1S/C20H26FN3O2/c21-17-6-4-15(5-7-17)18(25)23-9-11-24(12-10-23)19(26)20-8-2-1-3-16(20)13-22-14-20/h4-7,16,22H,1-3,8-14H2/t16-,20+/m0/s1. The summed E-state index contributed by atoms with van der Waals surface area (Å²) in [7, 11) is 0. The van der Waals surface area contributed by atoms with Gasteiger partial charge in [0, 0.05) is 38.3 Å². The summed E-state index contributed by atoms with van der Waals surface area (Å²) in [6.07, 6.45) is 4.48. The largest absolute Gasteiger partial charge is 0.339 e. The molecule has 0 aromatic heterocycles. The average Bonchev–Trinajstić information content (AvgIpc) is 3.13. The first-order valence-electron chi connectivity index (χ1n) is 9.65. The highest BCUT2D eigenvalue weighted by atomic mass is 19.1. The van der Waals surface area contributed by atoms with Gasteiger partial charge in [0.05, 0.1) is 5.41 Å². The molecule has 140 valence electrons. The van der Waals surface area contributed by atoms with E-state index in [4.69, 9.17) is 0 Å². The van der Waals surface area contributed by atoms with Crippen molar-refractivity contribution in [2.75, 3.05) is 39.3 Å². The van der Waals surface area contributed by atoms with Gasteiger partial charge in [-0.1, -0.05) is 12.8 Å². The minimum atomic E-state index is -0.344. The summed E-state index contributed by atoms with van der Waals surface area (Å²) >= 11 is 0. The van der Waals surface area contributed by atoms with Gasteiger partial charge >= 0.3 is 0 Å². The summed E-state index contributed by atoms with van der Waals surface area (Å²) in [6.45, 7) is 3.99. The van der Waals surface area contributed by atoms with E-state index in [1.165, 1.54) is 30.7 Å². The Morgan fingerprint density at radius 3 is 2.46 bits per heavy atom. The Morgan fingerprint density at radius 1 is 1.04 bits per heavy atom. The van der Waals surface area contributed by atoms with Gasteiger partial charge in [0.25, 0.3) is 5.91 Å². The highest BCUT2D eigenvalue weighted by Gasteiger charge is 2.51. The first-order chi connectivity index (χ1) is 12.6. The Bertz CT molecular complexity index is 685. The number of halogens is 1. The molecule has 3 aliphatic rings. The van der Waals surface area contributed by atoms with Crippen LogP contribution in [-0.4, -0.2) is 60.9 Å². The smallest absolute Gasteiger partial charge is 0.253 e. The Kier molecular flexibility index (Phi) is 4.69. The average molecular weight is 359 g/mol. The maximum Gasteiger partial charge on any atom is 0.253 e. The molecule has 4 rings (SSSR count). The second-order valence-corrected chi connectivity index (χ2v) is 7.82. The van der Waals surface area contributed by atoms with Crippen LogP contribution in [0.25, 0.3) is 0 Å². The van der Waals surface area contributed by atoms with Crippen LogP contribution in [-0.2, 0) is 4.79 Å². The maximum absolute atomic E-state index is 13.3. The molecule has 2 atom stereocenters. The molecular weight excluding hydrogens is 333 g/mol. The topological polar surface area (TPSA) is 52.7 Å². The van der Waals surface area contributed by atoms with Crippen molar-refractivity contribution in [1.82, 2.24) is 15.1 Å². The monoisotopic (exact) mass is 359 g/mol. The van der Waals surface area contributed by atoms with Crippen molar-refractivity contribution in [2.24, 2.45) is 11.3 Å². The third-order valence-electron chi connectivity index (χ3n) is 6.41. The number of fused-ring (bicyclic) bond motifs is 1. The molecule has 2 saturated heterocycles. The van der Waals surface area contributed by atoms with Crippen LogP contribution in [0.1, 0.15) is 36.0 Å². The van der Waals surface area contributed by atoms with E-state index in [1.807, 2.05) is 4.90 Å². The fraction of sp³-hybridized carbons (Fsp3) is 0.600. The van der Waals surface area contributed by atoms with Crippen molar-refractivity contribution in [2.45, 2.75) is 25.7 Å². The number of rotatable bonds is 2. The van der Waals surface area contributed by atoms with Gasteiger partial charge in [-0.25, -0.2) is 4.39 Å². The summed E-state index contributed by atoms with van der Waals surface area (Å²) in [6, 6.07) is 5.65. The Labute approximate surface area is 153 Å². The van der Waals surface area contributed by atoms with E-state index in [2.05, 4.69) is 5.32 Å². The fourth-order valence-corrected chi connectivity index (χ4v) is 4.87. The highest BCUT2D eigenvalue weighted by Crippen LogP contribution is 2.45. The van der Waals surface area contributed by atoms with E-state index in [9.17, 15) is 14.0 Å². The minimum absolute atomic E-state index is 0.0895. The van der Waals surface area contributed by atoms with Gasteiger partial charge in [0.1, 0.15) is 5.82 Å². The molecule has 26 heavy (non-hydrogen) atoms. The highest BCUT2D eigenvalue weighted by molar-refractivity contribution is 5.94. The zero-order valence-electron chi connectivity index (χ0n) is 15.0. The Morgan fingerprint density at radius 2 is 1.73 bits per heavy atom.